The first-order chi connectivity index (χ1) is 7.63. The van der Waals surface area contributed by atoms with Gasteiger partial charge in [0, 0.05) is 6.54 Å². The molecule has 1 heterocycles. The number of carbonyl (C=O) groups is 1. The maximum Gasteiger partial charge on any atom is 0.307 e. The number of nitrogens with zero attached hydrogens (tertiary/aromatic N) is 1. The van der Waals surface area contributed by atoms with Crippen LogP contribution in [0.4, 0.5) is 0 Å². The molecule has 1 saturated heterocycles. The second-order valence-corrected chi connectivity index (χ2v) is 4.79. The molecule has 94 valence electrons. The largest absolute Gasteiger partial charge is 0.481 e. The van der Waals surface area contributed by atoms with Crippen molar-refractivity contribution in [2.24, 2.45) is 11.8 Å². The third kappa shape index (κ3) is 4.49. The van der Waals surface area contributed by atoms with Crippen LogP contribution in [0.1, 0.15) is 26.7 Å². The number of nitrogens with one attached hydrogen (secondary N) is 1. The Morgan fingerprint density at radius 3 is 2.62 bits per heavy atom. The Balaban J connectivity index is 2.19. The molecule has 0 saturated carbocycles. The Bertz CT molecular complexity index is 213. The van der Waals surface area contributed by atoms with Gasteiger partial charge >= 0.3 is 5.97 Å². The molecule has 16 heavy (non-hydrogen) atoms. The zero-order valence-electron chi connectivity index (χ0n) is 10.4. The molecule has 1 unspecified atom stereocenters. The van der Waals surface area contributed by atoms with Gasteiger partial charge in [-0.1, -0.05) is 13.8 Å². The van der Waals surface area contributed by atoms with E-state index in [1.165, 1.54) is 12.8 Å². The molecule has 0 aliphatic carbocycles. The Morgan fingerprint density at radius 2 is 2.12 bits per heavy atom. The summed E-state index contributed by atoms with van der Waals surface area (Å²) in [6.07, 6.45) is 2.39. The summed E-state index contributed by atoms with van der Waals surface area (Å²) >= 11 is 0. The van der Waals surface area contributed by atoms with Gasteiger partial charge in [0.25, 0.3) is 0 Å². The zero-order valence-corrected chi connectivity index (χ0v) is 10.4. The van der Waals surface area contributed by atoms with E-state index in [9.17, 15) is 4.79 Å². The fraction of sp³-hybridized carbons (Fsp3) is 0.917. The van der Waals surface area contributed by atoms with Gasteiger partial charge in [-0.2, -0.15) is 0 Å². The zero-order chi connectivity index (χ0) is 12.0. The highest BCUT2D eigenvalue weighted by Crippen LogP contribution is 2.17. The highest BCUT2D eigenvalue weighted by molar-refractivity contribution is 5.69. The van der Waals surface area contributed by atoms with Crippen LogP contribution in [0.3, 0.4) is 0 Å². The van der Waals surface area contributed by atoms with Crippen LogP contribution in [0.5, 0.6) is 0 Å². The summed E-state index contributed by atoms with van der Waals surface area (Å²) in [4.78, 5) is 13.0. The van der Waals surface area contributed by atoms with Crippen LogP contribution in [0.15, 0.2) is 0 Å². The number of carboxylic acids is 1. The van der Waals surface area contributed by atoms with E-state index in [1.54, 1.807) is 6.92 Å². The summed E-state index contributed by atoms with van der Waals surface area (Å²) in [7, 11) is 0. The van der Waals surface area contributed by atoms with Gasteiger partial charge < -0.3 is 15.3 Å². The van der Waals surface area contributed by atoms with Crippen molar-refractivity contribution in [1.82, 2.24) is 10.2 Å². The van der Waals surface area contributed by atoms with Crippen molar-refractivity contribution in [2.45, 2.75) is 26.7 Å². The second-order valence-electron chi connectivity index (χ2n) is 4.79. The first-order valence-electron chi connectivity index (χ1n) is 6.29. The minimum Gasteiger partial charge on any atom is -0.481 e. The number of aliphatic carboxylic acids is 1. The number of piperidine rings is 1. The van der Waals surface area contributed by atoms with Gasteiger partial charge in [-0.15, -0.1) is 0 Å². The number of carboxylic acid groups (broad SMARTS) is 1. The predicted octanol–water partition coefficient (Wildman–Crippen LogP) is 1.03. The van der Waals surface area contributed by atoms with E-state index < -0.39 is 5.97 Å². The third-order valence-electron chi connectivity index (χ3n) is 3.34. The summed E-state index contributed by atoms with van der Waals surface area (Å²) in [6, 6.07) is 0. The monoisotopic (exact) mass is 228 g/mol. The fourth-order valence-corrected chi connectivity index (χ4v) is 2.19. The molecular weight excluding hydrogens is 204 g/mol. The maximum atomic E-state index is 10.7. The van der Waals surface area contributed by atoms with E-state index in [-0.39, 0.29) is 5.92 Å². The molecule has 4 heteroatoms. The van der Waals surface area contributed by atoms with E-state index in [0.29, 0.717) is 6.54 Å². The normalized spacial score (nSPS) is 20.9. The van der Waals surface area contributed by atoms with Gasteiger partial charge in [-0.05, 0) is 44.9 Å². The summed E-state index contributed by atoms with van der Waals surface area (Å²) in [5.74, 6) is -0.156. The van der Waals surface area contributed by atoms with Crippen LogP contribution in [-0.4, -0.2) is 48.7 Å². The number of rotatable bonds is 6. The average molecular weight is 228 g/mol. The van der Waals surface area contributed by atoms with Gasteiger partial charge in [0.15, 0.2) is 0 Å². The van der Waals surface area contributed by atoms with Crippen LogP contribution >= 0.6 is 0 Å². The maximum absolute atomic E-state index is 10.7. The third-order valence-corrected chi connectivity index (χ3v) is 3.34. The van der Waals surface area contributed by atoms with Gasteiger partial charge in [0.1, 0.15) is 0 Å². The highest BCUT2D eigenvalue weighted by Gasteiger charge is 2.22. The van der Waals surface area contributed by atoms with Crippen LogP contribution in [0.2, 0.25) is 0 Å². The Kier molecular flexibility index (Phi) is 5.77. The highest BCUT2D eigenvalue weighted by atomic mass is 16.4. The summed E-state index contributed by atoms with van der Waals surface area (Å²) in [6.45, 7) is 8.86. The average Bonchev–Trinajstić information content (AvgIpc) is 2.28. The lowest BCUT2D eigenvalue weighted by Gasteiger charge is -2.32. The van der Waals surface area contributed by atoms with E-state index in [0.717, 1.165) is 32.1 Å². The molecule has 1 fully saturated rings. The topological polar surface area (TPSA) is 52.6 Å². The first-order valence-corrected chi connectivity index (χ1v) is 6.29. The summed E-state index contributed by atoms with van der Waals surface area (Å²) < 4.78 is 0. The van der Waals surface area contributed by atoms with E-state index >= 15 is 0 Å². The molecule has 1 aliphatic rings. The lowest BCUT2D eigenvalue weighted by Crippen LogP contribution is -2.40. The SMILES string of the molecule is CCNCC1CCN(CC(C)C(=O)O)CC1. The minimum atomic E-state index is -0.685. The smallest absolute Gasteiger partial charge is 0.307 e. The van der Waals surface area contributed by atoms with Crippen LogP contribution < -0.4 is 5.32 Å². The summed E-state index contributed by atoms with van der Waals surface area (Å²) in [5, 5.41) is 12.2. The Hall–Kier alpha value is -0.610. The molecule has 0 aromatic heterocycles. The van der Waals surface area contributed by atoms with Crippen LogP contribution in [0.25, 0.3) is 0 Å². The van der Waals surface area contributed by atoms with Crippen LogP contribution in [-0.2, 0) is 4.79 Å². The molecule has 0 bridgehead atoms. The van der Waals surface area contributed by atoms with Crippen molar-refractivity contribution in [3.63, 3.8) is 0 Å². The van der Waals surface area contributed by atoms with Gasteiger partial charge in [-0.3, -0.25) is 4.79 Å². The predicted molar refractivity (Wildman–Crippen MR) is 64.5 cm³/mol. The van der Waals surface area contributed by atoms with Gasteiger partial charge in [-0.25, -0.2) is 0 Å². The summed E-state index contributed by atoms with van der Waals surface area (Å²) in [5.41, 5.74) is 0. The van der Waals surface area contributed by atoms with Crippen molar-refractivity contribution in [1.29, 1.82) is 0 Å². The molecular formula is C12H24N2O2. The van der Waals surface area contributed by atoms with Crippen molar-refractivity contribution >= 4 is 5.97 Å². The Morgan fingerprint density at radius 1 is 1.50 bits per heavy atom. The van der Waals surface area contributed by atoms with E-state index in [2.05, 4.69) is 17.1 Å². The number of hydrogen-bond donors (Lipinski definition) is 2. The molecule has 0 radical (unpaired) electrons. The van der Waals surface area contributed by atoms with Crippen LogP contribution in [0, 0.1) is 11.8 Å². The van der Waals surface area contributed by atoms with Crippen molar-refractivity contribution in [2.75, 3.05) is 32.7 Å². The molecule has 0 amide bonds. The van der Waals surface area contributed by atoms with E-state index in [4.69, 9.17) is 5.11 Å². The van der Waals surface area contributed by atoms with Gasteiger partial charge in [0.05, 0.1) is 5.92 Å². The molecule has 0 aromatic carbocycles. The lowest BCUT2D eigenvalue weighted by molar-refractivity contribution is -0.141. The molecule has 0 aromatic rings. The number of likely N-dealkylation sites (tertiary alicyclic amines) is 1. The second kappa shape index (κ2) is 6.86. The molecule has 1 rings (SSSR count). The lowest BCUT2D eigenvalue weighted by atomic mass is 9.96. The first kappa shape index (κ1) is 13.5. The number of hydrogen-bond acceptors (Lipinski definition) is 3. The molecule has 1 atom stereocenters. The van der Waals surface area contributed by atoms with E-state index in [1.807, 2.05) is 0 Å². The van der Waals surface area contributed by atoms with Crippen molar-refractivity contribution < 1.29 is 9.90 Å². The fourth-order valence-electron chi connectivity index (χ4n) is 2.19. The Labute approximate surface area is 98.0 Å². The molecule has 4 nitrogen and oxygen atoms in total. The van der Waals surface area contributed by atoms with Gasteiger partial charge in [0.2, 0.25) is 0 Å². The molecule has 2 N–H and O–H groups in total. The standard InChI is InChI=1S/C12H24N2O2/c1-3-13-8-11-4-6-14(7-5-11)9-10(2)12(15)16/h10-11,13H,3-9H2,1-2H3,(H,15,16). The minimum absolute atomic E-state index is 0.245. The molecule has 1 aliphatic heterocycles. The van der Waals surface area contributed by atoms with Crippen molar-refractivity contribution in [3.05, 3.63) is 0 Å². The quantitative estimate of drug-likeness (QED) is 0.713. The van der Waals surface area contributed by atoms with Crippen molar-refractivity contribution in [3.8, 4) is 0 Å². The molecule has 0 spiro atoms.